The second-order valence-electron chi connectivity index (χ2n) is 8.13. The highest BCUT2D eigenvalue weighted by molar-refractivity contribution is 5.92. The van der Waals surface area contributed by atoms with Gasteiger partial charge in [-0.15, -0.1) is 13.2 Å². The second-order valence-corrected chi connectivity index (χ2v) is 8.13. The molecule has 2 atom stereocenters. The summed E-state index contributed by atoms with van der Waals surface area (Å²) in [6.07, 6.45) is 3.75. The lowest BCUT2D eigenvalue weighted by molar-refractivity contribution is -0.212. The van der Waals surface area contributed by atoms with Crippen molar-refractivity contribution in [1.82, 2.24) is 30.0 Å². The highest BCUT2D eigenvalue weighted by atomic mass is 19.4. The second kappa shape index (κ2) is 7.15. The smallest absolute Gasteiger partial charge is 0.365 e. The van der Waals surface area contributed by atoms with Gasteiger partial charge in [-0.25, -0.2) is 0 Å². The van der Waals surface area contributed by atoms with Crippen molar-refractivity contribution in [2.24, 2.45) is 0 Å². The summed E-state index contributed by atoms with van der Waals surface area (Å²) < 4.78 is 38.4. The van der Waals surface area contributed by atoms with Crippen LogP contribution in [0.1, 0.15) is 44.1 Å². The molecule has 1 aliphatic carbocycles. The van der Waals surface area contributed by atoms with Gasteiger partial charge < -0.3 is 20.9 Å². The molecule has 5 rings (SSSR count). The summed E-state index contributed by atoms with van der Waals surface area (Å²) in [4.78, 5) is 12.3. The molecule has 0 unspecified atom stereocenters. The van der Waals surface area contributed by atoms with Gasteiger partial charge in [-0.2, -0.15) is 19.7 Å². The van der Waals surface area contributed by atoms with Crippen LogP contribution in [-0.4, -0.2) is 43.4 Å². The summed E-state index contributed by atoms with van der Waals surface area (Å²) in [5.74, 6) is 1.43. The molecule has 2 aliphatic rings. The zero-order chi connectivity index (χ0) is 20.9. The van der Waals surface area contributed by atoms with Gasteiger partial charge in [-0.1, -0.05) is 0 Å². The van der Waals surface area contributed by atoms with E-state index in [2.05, 4.69) is 42.9 Å². The Kier molecular flexibility index (Phi) is 4.57. The number of H-pyrrole nitrogens is 1. The van der Waals surface area contributed by atoms with Gasteiger partial charge in [-0.3, -0.25) is 0 Å². The normalized spacial score (nSPS) is 22.4. The van der Waals surface area contributed by atoms with E-state index in [1.54, 1.807) is 0 Å². The zero-order valence-electron chi connectivity index (χ0n) is 16.4. The van der Waals surface area contributed by atoms with Gasteiger partial charge in [0.1, 0.15) is 11.5 Å². The van der Waals surface area contributed by atoms with Gasteiger partial charge in [0.2, 0.25) is 5.95 Å². The Morgan fingerprint density at radius 1 is 1.17 bits per heavy atom. The van der Waals surface area contributed by atoms with Crippen LogP contribution in [0.2, 0.25) is 0 Å². The van der Waals surface area contributed by atoms with E-state index in [9.17, 15) is 13.2 Å². The van der Waals surface area contributed by atoms with Crippen LogP contribution in [0.15, 0.2) is 18.6 Å². The number of piperidine rings is 1. The number of fused-ring (bicyclic) bond motifs is 1. The molecule has 4 heterocycles. The van der Waals surface area contributed by atoms with Crippen molar-refractivity contribution in [2.75, 3.05) is 17.2 Å². The van der Waals surface area contributed by atoms with Crippen molar-refractivity contribution in [1.29, 1.82) is 0 Å². The summed E-state index contributed by atoms with van der Waals surface area (Å²) in [7, 11) is 0. The molecule has 0 amide bonds. The number of rotatable bonds is 5. The van der Waals surface area contributed by atoms with Gasteiger partial charge in [0, 0.05) is 24.8 Å². The molecule has 160 valence electrons. The summed E-state index contributed by atoms with van der Waals surface area (Å²) in [6, 6.07) is 0.715. The number of anilines is 3. The first-order chi connectivity index (χ1) is 14.4. The molecule has 1 saturated heterocycles. The highest BCUT2D eigenvalue weighted by Crippen LogP contribution is 2.44. The molecule has 11 heteroatoms. The average Bonchev–Trinajstić information content (AvgIpc) is 3.26. The molecule has 0 aromatic carbocycles. The molecule has 3 aromatic rings. The summed E-state index contributed by atoms with van der Waals surface area (Å²) in [6.45, 7) is 3.00. The Morgan fingerprint density at radius 3 is 2.67 bits per heavy atom. The van der Waals surface area contributed by atoms with Crippen molar-refractivity contribution >= 4 is 28.5 Å². The first-order valence-corrected chi connectivity index (χ1v) is 10.1. The van der Waals surface area contributed by atoms with Gasteiger partial charge in [-0.05, 0) is 44.1 Å². The number of nitrogens with one attached hydrogen (secondary N) is 4. The van der Waals surface area contributed by atoms with E-state index in [4.69, 9.17) is 0 Å². The van der Waals surface area contributed by atoms with E-state index in [1.807, 2.05) is 6.20 Å². The number of hydrogen-bond donors (Lipinski definition) is 4. The summed E-state index contributed by atoms with van der Waals surface area (Å²) >= 11 is 0. The van der Waals surface area contributed by atoms with Crippen molar-refractivity contribution < 1.29 is 13.2 Å². The number of hydrogen-bond acceptors (Lipinski definition) is 6. The Morgan fingerprint density at radius 2 is 2.00 bits per heavy atom. The first kappa shape index (κ1) is 19.2. The van der Waals surface area contributed by atoms with Crippen molar-refractivity contribution in [2.45, 2.75) is 56.9 Å². The van der Waals surface area contributed by atoms with Crippen LogP contribution >= 0.6 is 0 Å². The van der Waals surface area contributed by atoms with Gasteiger partial charge in [0.05, 0.1) is 23.5 Å². The predicted octanol–water partition coefficient (Wildman–Crippen LogP) is 3.80. The lowest BCUT2D eigenvalue weighted by Crippen LogP contribution is -2.43. The van der Waals surface area contributed by atoms with Gasteiger partial charge in [0.25, 0.3) is 0 Å². The monoisotopic (exact) mass is 420 g/mol. The molecular weight excluding hydrogens is 397 g/mol. The maximum absolute atomic E-state index is 12.8. The number of aromatic amines is 1. The predicted molar refractivity (Wildman–Crippen MR) is 107 cm³/mol. The molecule has 2 fully saturated rings. The minimum absolute atomic E-state index is 0.0538. The minimum atomic E-state index is -4.57. The number of nitrogens with zero attached hydrogens (tertiary/aromatic N) is 4. The van der Waals surface area contributed by atoms with Crippen LogP contribution in [-0.2, 0) is 6.30 Å². The van der Waals surface area contributed by atoms with E-state index in [-0.39, 0.29) is 22.4 Å². The lowest BCUT2D eigenvalue weighted by atomic mass is 10.0. The molecule has 4 N–H and O–H groups in total. The first-order valence-electron chi connectivity index (χ1n) is 10.1. The summed E-state index contributed by atoms with van der Waals surface area (Å²) in [5, 5.41) is 14.2. The fraction of sp³-hybridized carbons (Fsp3) is 0.526. The third kappa shape index (κ3) is 3.81. The van der Waals surface area contributed by atoms with E-state index in [0.717, 1.165) is 50.0 Å². The third-order valence-electron chi connectivity index (χ3n) is 5.68. The molecule has 1 aliphatic heterocycles. The van der Waals surface area contributed by atoms with Crippen LogP contribution in [0.4, 0.5) is 30.6 Å². The average molecular weight is 420 g/mol. The van der Waals surface area contributed by atoms with Gasteiger partial charge in [0.15, 0.2) is 0 Å². The molecule has 8 nitrogen and oxygen atoms in total. The number of halogens is 3. The quantitative estimate of drug-likeness (QED) is 0.502. The number of aromatic nitrogens is 5. The highest BCUT2D eigenvalue weighted by Gasteiger charge is 2.32. The topological polar surface area (TPSA) is 95.5 Å². The van der Waals surface area contributed by atoms with E-state index < -0.39 is 6.30 Å². The Bertz CT molecular complexity index is 1040. The fourth-order valence-electron chi connectivity index (χ4n) is 3.90. The molecule has 0 spiro atoms. The Balaban J connectivity index is 1.46. The largest absolute Gasteiger partial charge is 0.504 e. The maximum Gasteiger partial charge on any atom is 0.504 e. The SMILES string of the molecule is C[C@H]1CC[C@@H](Nc2nc(Nc3cnn(C(F)(F)F)c3)nc3[nH]cc(C4CC4)c23)CN1. The van der Waals surface area contributed by atoms with Crippen LogP contribution in [0, 0.1) is 0 Å². The molecule has 1 saturated carbocycles. The van der Waals surface area contributed by atoms with Crippen LogP contribution < -0.4 is 16.0 Å². The Hall–Kier alpha value is -2.82. The van der Waals surface area contributed by atoms with Crippen LogP contribution in [0.25, 0.3) is 11.0 Å². The Labute approximate surface area is 170 Å². The molecule has 0 radical (unpaired) electrons. The van der Waals surface area contributed by atoms with Crippen LogP contribution in [0.5, 0.6) is 0 Å². The van der Waals surface area contributed by atoms with E-state index in [0.29, 0.717) is 23.4 Å². The molecule has 30 heavy (non-hydrogen) atoms. The zero-order valence-corrected chi connectivity index (χ0v) is 16.4. The van der Waals surface area contributed by atoms with Crippen molar-refractivity contribution in [3.8, 4) is 0 Å². The maximum atomic E-state index is 12.8. The fourth-order valence-corrected chi connectivity index (χ4v) is 3.90. The molecule has 0 bridgehead atoms. The van der Waals surface area contributed by atoms with E-state index >= 15 is 0 Å². The summed E-state index contributed by atoms with van der Waals surface area (Å²) in [5.41, 5.74) is 2.03. The van der Waals surface area contributed by atoms with E-state index in [1.165, 1.54) is 5.56 Å². The van der Waals surface area contributed by atoms with Crippen molar-refractivity contribution in [3.05, 3.63) is 24.2 Å². The molecular formula is C19H23F3N8. The standard InChI is InChI=1S/C19H23F3N8/c1-10-2-5-12(6-23-10)26-17-15-14(11-3-4-11)8-24-16(15)28-18(29-17)27-13-7-25-30(9-13)19(20,21)22/h7-12,23H,2-6H2,1H3,(H3,24,26,27,28,29)/t10-,12+/m0/s1. The van der Waals surface area contributed by atoms with Crippen molar-refractivity contribution in [3.63, 3.8) is 0 Å². The molecule has 3 aromatic heterocycles. The number of alkyl halides is 3. The minimum Gasteiger partial charge on any atom is -0.365 e. The third-order valence-corrected chi connectivity index (χ3v) is 5.68. The lowest BCUT2D eigenvalue weighted by Gasteiger charge is -2.29. The van der Waals surface area contributed by atoms with Gasteiger partial charge >= 0.3 is 6.30 Å². The van der Waals surface area contributed by atoms with Crippen LogP contribution in [0.3, 0.4) is 0 Å².